The van der Waals surface area contributed by atoms with Crippen LogP contribution < -0.4 is 5.32 Å². The first-order valence-electron chi connectivity index (χ1n) is 11.6. The number of aromatic nitrogens is 2. The van der Waals surface area contributed by atoms with Crippen molar-refractivity contribution < 1.29 is 23.1 Å². The van der Waals surface area contributed by atoms with Gasteiger partial charge in [0.2, 0.25) is 5.95 Å². The minimum atomic E-state index is -4.39. The molecule has 3 aromatic rings. The van der Waals surface area contributed by atoms with Gasteiger partial charge < -0.3 is 15.0 Å². The molecule has 2 N–H and O–H groups in total. The van der Waals surface area contributed by atoms with Crippen LogP contribution in [0.15, 0.2) is 42.5 Å². The van der Waals surface area contributed by atoms with E-state index in [1.54, 1.807) is 0 Å². The van der Waals surface area contributed by atoms with Gasteiger partial charge in [0.1, 0.15) is 0 Å². The summed E-state index contributed by atoms with van der Waals surface area (Å²) >= 11 is 0. The lowest BCUT2D eigenvalue weighted by Crippen LogP contribution is -2.29. The van der Waals surface area contributed by atoms with E-state index in [-0.39, 0.29) is 17.9 Å². The zero-order valence-electron chi connectivity index (χ0n) is 19.6. The van der Waals surface area contributed by atoms with Crippen LogP contribution in [-0.4, -0.2) is 20.6 Å². The van der Waals surface area contributed by atoms with Gasteiger partial charge in [-0.25, -0.2) is 4.98 Å². The molecule has 1 aromatic heterocycles. The number of rotatable bonds is 6. The Hall–Kier alpha value is -3.03. The van der Waals surface area contributed by atoms with Gasteiger partial charge in [0.05, 0.1) is 16.6 Å². The molecule has 1 aliphatic carbocycles. The van der Waals surface area contributed by atoms with E-state index in [2.05, 4.69) is 30.7 Å². The number of aliphatic carboxylic acids is 1. The fraction of sp³-hybridized carbons (Fsp3) is 0.462. The number of fused-ring (bicyclic) bond motifs is 1. The van der Waals surface area contributed by atoms with E-state index < -0.39 is 17.7 Å². The second-order valence-corrected chi connectivity index (χ2v) is 10.3. The Labute approximate surface area is 197 Å². The van der Waals surface area contributed by atoms with Crippen LogP contribution >= 0.6 is 0 Å². The first-order chi connectivity index (χ1) is 15.9. The van der Waals surface area contributed by atoms with Crippen LogP contribution in [-0.2, 0) is 17.4 Å². The summed E-state index contributed by atoms with van der Waals surface area (Å²) < 4.78 is 41.1. The molecule has 0 radical (unpaired) electrons. The fourth-order valence-corrected chi connectivity index (χ4v) is 5.37. The van der Waals surface area contributed by atoms with Gasteiger partial charge in [-0.3, -0.25) is 4.79 Å². The summed E-state index contributed by atoms with van der Waals surface area (Å²) in [4.78, 5) is 15.8. The van der Waals surface area contributed by atoms with Gasteiger partial charge in [0.25, 0.3) is 0 Å². The maximum Gasteiger partial charge on any atom is 0.416 e. The number of carboxylic acids is 1. The maximum absolute atomic E-state index is 13.0. The standard InChI is InChI=1S/C26H30F3N3O2/c1-16-12-20(15-25(2,3)14-16)32-22-10-4-17(5-11-23(33)34)13-21(22)31-24(32)30-19-8-6-18(7-9-19)26(27,28)29/h4,6-10,13,16,20H,5,11-12,14-15H2,1-3H3,(H,30,31)(H,33,34)/t16-,20?/m0/s1. The summed E-state index contributed by atoms with van der Waals surface area (Å²) in [6, 6.07) is 11.0. The van der Waals surface area contributed by atoms with E-state index in [1.165, 1.54) is 12.1 Å². The molecule has 0 aliphatic heterocycles. The maximum atomic E-state index is 13.0. The number of hydrogen-bond donors (Lipinski definition) is 2. The first kappa shape index (κ1) is 24.1. The molecule has 1 fully saturated rings. The molecule has 34 heavy (non-hydrogen) atoms. The molecule has 1 saturated carbocycles. The van der Waals surface area contributed by atoms with Crippen LogP contribution in [0, 0.1) is 11.3 Å². The van der Waals surface area contributed by atoms with Crippen molar-refractivity contribution in [1.29, 1.82) is 0 Å². The monoisotopic (exact) mass is 473 g/mol. The summed E-state index contributed by atoms with van der Waals surface area (Å²) in [7, 11) is 0. The lowest BCUT2D eigenvalue weighted by atomic mass is 9.70. The van der Waals surface area contributed by atoms with Crippen LogP contribution in [0.2, 0.25) is 0 Å². The number of anilines is 2. The van der Waals surface area contributed by atoms with Gasteiger partial charge in [-0.2, -0.15) is 13.2 Å². The van der Waals surface area contributed by atoms with Gasteiger partial charge in [-0.15, -0.1) is 0 Å². The van der Waals surface area contributed by atoms with Crippen molar-refractivity contribution in [2.75, 3.05) is 5.32 Å². The highest BCUT2D eigenvalue weighted by Crippen LogP contribution is 2.46. The normalized spacial score (nSPS) is 20.4. The van der Waals surface area contributed by atoms with Crippen LogP contribution in [0.4, 0.5) is 24.8 Å². The number of nitrogens with zero attached hydrogens (tertiary/aromatic N) is 2. The van der Waals surface area contributed by atoms with Crippen molar-refractivity contribution in [3.8, 4) is 0 Å². The van der Waals surface area contributed by atoms with Gasteiger partial charge >= 0.3 is 12.1 Å². The number of halogens is 3. The molecular weight excluding hydrogens is 443 g/mol. The Morgan fingerprint density at radius 2 is 1.88 bits per heavy atom. The van der Waals surface area contributed by atoms with Crippen molar-refractivity contribution in [3.05, 3.63) is 53.6 Å². The quantitative estimate of drug-likeness (QED) is 0.397. The molecule has 5 nitrogen and oxygen atoms in total. The summed E-state index contributed by atoms with van der Waals surface area (Å²) in [6.45, 7) is 6.78. The van der Waals surface area contributed by atoms with Crippen LogP contribution in [0.5, 0.6) is 0 Å². The molecule has 0 saturated heterocycles. The molecule has 1 aliphatic rings. The number of carboxylic acid groups (broad SMARTS) is 1. The molecule has 4 rings (SSSR count). The molecule has 1 heterocycles. The molecule has 0 bridgehead atoms. The number of nitrogens with one attached hydrogen (secondary N) is 1. The van der Waals surface area contributed by atoms with E-state index in [4.69, 9.17) is 10.1 Å². The van der Waals surface area contributed by atoms with Crippen LogP contribution in [0.1, 0.15) is 63.6 Å². The summed E-state index contributed by atoms with van der Waals surface area (Å²) in [6.07, 6.45) is -0.855. The van der Waals surface area contributed by atoms with Gasteiger partial charge in [-0.1, -0.05) is 26.8 Å². The van der Waals surface area contributed by atoms with Crippen LogP contribution in [0.3, 0.4) is 0 Å². The minimum Gasteiger partial charge on any atom is -0.481 e. The molecule has 2 atom stereocenters. The zero-order valence-corrected chi connectivity index (χ0v) is 19.6. The predicted octanol–water partition coefficient (Wildman–Crippen LogP) is 7.20. The van der Waals surface area contributed by atoms with Crippen molar-refractivity contribution in [2.24, 2.45) is 11.3 Å². The number of benzene rings is 2. The molecule has 1 unspecified atom stereocenters. The highest BCUT2D eigenvalue weighted by atomic mass is 19.4. The zero-order chi connectivity index (χ0) is 24.7. The average Bonchev–Trinajstić information content (AvgIpc) is 3.07. The number of hydrogen-bond acceptors (Lipinski definition) is 3. The lowest BCUT2D eigenvalue weighted by Gasteiger charge is -2.40. The lowest BCUT2D eigenvalue weighted by molar-refractivity contribution is -0.138. The molecule has 0 amide bonds. The smallest absolute Gasteiger partial charge is 0.416 e. The summed E-state index contributed by atoms with van der Waals surface area (Å²) in [5.41, 5.74) is 2.55. The topological polar surface area (TPSA) is 67.2 Å². The Bertz CT molecular complexity index is 1180. The largest absolute Gasteiger partial charge is 0.481 e. The Morgan fingerprint density at radius 3 is 2.50 bits per heavy atom. The first-order valence-corrected chi connectivity index (χ1v) is 11.6. The third-order valence-corrected chi connectivity index (χ3v) is 6.58. The second-order valence-electron chi connectivity index (χ2n) is 10.3. The van der Waals surface area contributed by atoms with Crippen molar-refractivity contribution >= 4 is 28.6 Å². The Balaban J connectivity index is 1.74. The van der Waals surface area contributed by atoms with Gasteiger partial charge in [0.15, 0.2) is 0 Å². The molecule has 182 valence electrons. The predicted molar refractivity (Wildman–Crippen MR) is 126 cm³/mol. The average molecular weight is 474 g/mol. The number of imidazole rings is 1. The Kier molecular flexibility index (Phi) is 6.36. The van der Waals surface area contributed by atoms with Gasteiger partial charge in [-0.05, 0) is 79.0 Å². The van der Waals surface area contributed by atoms with E-state index in [9.17, 15) is 18.0 Å². The molecule has 0 spiro atoms. The Morgan fingerprint density at radius 1 is 1.18 bits per heavy atom. The second kappa shape index (κ2) is 8.96. The van der Waals surface area contributed by atoms with Crippen molar-refractivity contribution in [3.63, 3.8) is 0 Å². The fourth-order valence-electron chi connectivity index (χ4n) is 5.37. The highest BCUT2D eigenvalue weighted by Gasteiger charge is 2.35. The third-order valence-electron chi connectivity index (χ3n) is 6.58. The number of aryl methyl sites for hydroxylation is 1. The third kappa shape index (κ3) is 5.37. The van der Waals surface area contributed by atoms with Gasteiger partial charge in [0, 0.05) is 18.2 Å². The van der Waals surface area contributed by atoms with E-state index >= 15 is 0 Å². The van der Waals surface area contributed by atoms with E-state index in [0.29, 0.717) is 24.0 Å². The van der Waals surface area contributed by atoms with E-state index in [0.717, 1.165) is 48.0 Å². The minimum absolute atomic E-state index is 0.0389. The highest BCUT2D eigenvalue weighted by molar-refractivity contribution is 5.81. The summed E-state index contributed by atoms with van der Waals surface area (Å²) in [5.74, 6) is 0.258. The number of carbonyl (C=O) groups is 1. The van der Waals surface area contributed by atoms with Crippen LogP contribution in [0.25, 0.3) is 11.0 Å². The van der Waals surface area contributed by atoms with Crippen molar-refractivity contribution in [2.45, 2.75) is 65.1 Å². The molecule has 8 heteroatoms. The van der Waals surface area contributed by atoms with E-state index in [1.807, 2.05) is 18.2 Å². The van der Waals surface area contributed by atoms with Crippen molar-refractivity contribution in [1.82, 2.24) is 9.55 Å². The summed E-state index contributed by atoms with van der Waals surface area (Å²) in [5, 5.41) is 12.3. The molecular formula is C26H30F3N3O2. The number of alkyl halides is 3. The molecule has 2 aromatic carbocycles. The SMILES string of the molecule is C[C@H]1CC(n2c(Nc3ccc(C(F)(F)F)cc3)nc3cc(CCC(=O)O)ccc32)CC(C)(C)C1.